The molecule has 0 saturated heterocycles. The molecule has 2 atom stereocenters. The van der Waals surface area contributed by atoms with Crippen LogP contribution in [0.5, 0.6) is 0 Å². The summed E-state index contributed by atoms with van der Waals surface area (Å²) in [4.78, 5) is 3.94. The minimum absolute atomic E-state index is 0.539. The number of nitrogens with one attached hydrogen (secondary N) is 1. The van der Waals surface area contributed by atoms with Gasteiger partial charge in [0.2, 0.25) is 0 Å². The topological polar surface area (TPSA) is 42.7 Å². The number of aryl methyl sites for hydroxylation is 1. The third-order valence-corrected chi connectivity index (χ3v) is 3.88. The van der Waals surface area contributed by atoms with E-state index in [4.69, 9.17) is 0 Å². The van der Waals surface area contributed by atoms with Crippen molar-refractivity contribution in [3.05, 3.63) is 12.7 Å². The van der Waals surface area contributed by atoms with Gasteiger partial charge in [0.1, 0.15) is 12.7 Å². The molecule has 16 heavy (non-hydrogen) atoms. The third-order valence-electron chi connectivity index (χ3n) is 3.88. The molecule has 0 aromatic carbocycles. The molecule has 1 aliphatic carbocycles. The fourth-order valence-electron chi connectivity index (χ4n) is 2.02. The van der Waals surface area contributed by atoms with E-state index < -0.39 is 0 Å². The number of hydrogen-bond acceptors (Lipinski definition) is 3. The van der Waals surface area contributed by atoms with Crippen molar-refractivity contribution in [2.24, 2.45) is 5.41 Å². The van der Waals surface area contributed by atoms with E-state index in [-0.39, 0.29) is 0 Å². The Morgan fingerprint density at radius 3 is 2.75 bits per heavy atom. The van der Waals surface area contributed by atoms with Gasteiger partial charge in [-0.3, -0.25) is 4.68 Å². The Kier molecular flexibility index (Phi) is 3.28. The molecule has 0 radical (unpaired) electrons. The molecule has 2 unspecified atom stereocenters. The molecule has 4 nitrogen and oxygen atoms in total. The summed E-state index contributed by atoms with van der Waals surface area (Å²) in [6.45, 7) is 7.87. The first-order chi connectivity index (χ1) is 7.60. The fourth-order valence-corrected chi connectivity index (χ4v) is 2.02. The summed E-state index contributed by atoms with van der Waals surface area (Å²) in [5.41, 5.74) is 0.557. The van der Waals surface area contributed by atoms with E-state index in [2.05, 4.69) is 36.2 Å². The van der Waals surface area contributed by atoms with Gasteiger partial charge < -0.3 is 5.32 Å². The van der Waals surface area contributed by atoms with Crippen LogP contribution in [0.1, 0.15) is 40.0 Å². The summed E-state index contributed by atoms with van der Waals surface area (Å²) < 4.78 is 1.89. The molecule has 4 heteroatoms. The first-order valence-corrected chi connectivity index (χ1v) is 6.19. The Balaban J connectivity index is 1.70. The lowest BCUT2D eigenvalue weighted by Crippen LogP contribution is -2.40. The summed E-state index contributed by atoms with van der Waals surface area (Å²) in [7, 11) is 0. The molecule has 2 rings (SSSR count). The molecule has 1 N–H and O–H groups in total. The zero-order chi connectivity index (χ0) is 11.6. The molecule has 0 spiro atoms. The lowest BCUT2D eigenvalue weighted by Gasteiger charge is -2.25. The van der Waals surface area contributed by atoms with Gasteiger partial charge in [-0.15, -0.1) is 0 Å². The Morgan fingerprint density at radius 2 is 2.19 bits per heavy atom. The van der Waals surface area contributed by atoms with E-state index in [9.17, 15) is 0 Å². The van der Waals surface area contributed by atoms with Crippen LogP contribution in [0.4, 0.5) is 0 Å². The molecule has 0 amide bonds. The van der Waals surface area contributed by atoms with Gasteiger partial charge in [0.05, 0.1) is 0 Å². The van der Waals surface area contributed by atoms with Crippen LogP contribution in [0.3, 0.4) is 0 Å². The van der Waals surface area contributed by atoms with E-state index in [0.29, 0.717) is 17.5 Å². The van der Waals surface area contributed by atoms with Crippen LogP contribution in [-0.2, 0) is 6.54 Å². The molecule has 1 fully saturated rings. The minimum Gasteiger partial charge on any atom is -0.311 e. The first-order valence-electron chi connectivity index (χ1n) is 6.19. The van der Waals surface area contributed by atoms with Crippen LogP contribution in [0.2, 0.25) is 0 Å². The van der Waals surface area contributed by atoms with E-state index in [0.717, 1.165) is 13.0 Å². The normalized spacial score (nSPS) is 21.7. The standard InChI is InChI=1S/C12H22N4/c1-10(4-7-16-9-13-8-14-16)15-11(2)12(3)5-6-12/h8-11,15H,4-7H2,1-3H3. The predicted molar refractivity (Wildman–Crippen MR) is 64.0 cm³/mol. The van der Waals surface area contributed by atoms with Crippen LogP contribution < -0.4 is 5.32 Å². The van der Waals surface area contributed by atoms with Crippen molar-refractivity contribution in [2.45, 2.75) is 58.7 Å². The number of aromatic nitrogens is 3. The smallest absolute Gasteiger partial charge is 0.137 e. The number of nitrogens with zero attached hydrogens (tertiary/aromatic N) is 3. The second-order valence-electron chi connectivity index (χ2n) is 5.39. The van der Waals surface area contributed by atoms with Gasteiger partial charge >= 0.3 is 0 Å². The van der Waals surface area contributed by atoms with Crippen LogP contribution in [0, 0.1) is 5.41 Å². The highest BCUT2D eigenvalue weighted by Crippen LogP contribution is 2.48. The van der Waals surface area contributed by atoms with Gasteiger partial charge in [-0.1, -0.05) is 6.92 Å². The highest BCUT2D eigenvalue weighted by atomic mass is 15.3. The summed E-state index contributed by atoms with van der Waals surface area (Å²) in [5.74, 6) is 0. The maximum Gasteiger partial charge on any atom is 0.137 e. The second kappa shape index (κ2) is 4.53. The molecule has 1 heterocycles. The van der Waals surface area contributed by atoms with Crippen molar-refractivity contribution in [2.75, 3.05) is 0 Å². The van der Waals surface area contributed by atoms with Crippen LogP contribution in [0.25, 0.3) is 0 Å². The maximum atomic E-state index is 4.11. The highest BCUT2D eigenvalue weighted by Gasteiger charge is 2.42. The van der Waals surface area contributed by atoms with Gasteiger partial charge in [0.25, 0.3) is 0 Å². The van der Waals surface area contributed by atoms with E-state index in [1.54, 1.807) is 12.7 Å². The van der Waals surface area contributed by atoms with Crippen molar-refractivity contribution in [1.82, 2.24) is 20.1 Å². The quantitative estimate of drug-likeness (QED) is 0.798. The van der Waals surface area contributed by atoms with Gasteiger partial charge in [0, 0.05) is 18.6 Å². The first kappa shape index (κ1) is 11.6. The molecular weight excluding hydrogens is 200 g/mol. The van der Waals surface area contributed by atoms with Gasteiger partial charge in [-0.2, -0.15) is 5.10 Å². The molecule has 0 aliphatic heterocycles. The third kappa shape index (κ3) is 2.82. The lowest BCUT2D eigenvalue weighted by atomic mass is 9.99. The minimum atomic E-state index is 0.539. The Hall–Kier alpha value is -0.900. The monoisotopic (exact) mass is 222 g/mol. The average Bonchev–Trinajstić information content (AvgIpc) is 2.82. The largest absolute Gasteiger partial charge is 0.311 e. The van der Waals surface area contributed by atoms with Crippen molar-refractivity contribution >= 4 is 0 Å². The van der Waals surface area contributed by atoms with Crippen molar-refractivity contribution in [3.63, 3.8) is 0 Å². The molecule has 1 aromatic rings. The van der Waals surface area contributed by atoms with Gasteiger partial charge in [0.15, 0.2) is 0 Å². The molecule has 90 valence electrons. The van der Waals surface area contributed by atoms with Gasteiger partial charge in [-0.25, -0.2) is 4.98 Å². The predicted octanol–water partition coefficient (Wildman–Crippen LogP) is 1.83. The zero-order valence-electron chi connectivity index (χ0n) is 10.5. The van der Waals surface area contributed by atoms with Crippen LogP contribution >= 0.6 is 0 Å². The summed E-state index contributed by atoms with van der Waals surface area (Å²) in [6, 6.07) is 1.16. The zero-order valence-corrected chi connectivity index (χ0v) is 10.5. The number of hydrogen-bond donors (Lipinski definition) is 1. The molecular formula is C12H22N4. The number of rotatable bonds is 6. The van der Waals surface area contributed by atoms with Crippen LogP contribution in [-0.4, -0.2) is 26.8 Å². The Morgan fingerprint density at radius 1 is 1.44 bits per heavy atom. The van der Waals surface area contributed by atoms with Crippen LogP contribution in [0.15, 0.2) is 12.7 Å². The van der Waals surface area contributed by atoms with Crippen molar-refractivity contribution in [1.29, 1.82) is 0 Å². The summed E-state index contributed by atoms with van der Waals surface area (Å²) in [5, 5.41) is 7.79. The molecule has 1 aliphatic rings. The van der Waals surface area contributed by atoms with E-state index in [1.165, 1.54) is 12.8 Å². The second-order valence-corrected chi connectivity index (χ2v) is 5.39. The van der Waals surface area contributed by atoms with Crippen molar-refractivity contribution < 1.29 is 0 Å². The Bertz CT molecular complexity index is 316. The van der Waals surface area contributed by atoms with Crippen molar-refractivity contribution in [3.8, 4) is 0 Å². The fraction of sp³-hybridized carbons (Fsp3) is 0.833. The maximum absolute atomic E-state index is 4.11. The van der Waals surface area contributed by atoms with E-state index in [1.807, 2.05) is 4.68 Å². The van der Waals surface area contributed by atoms with E-state index >= 15 is 0 Å². The summed E-state index contributed by atoms with van der Waals surface area (Å²) in [6.07, 6.45) is 7.21. The molecule has 1 saturated carbocycles. The lowest BCUT2D eigenvalue weighted by molar-refractivity contribution is 0.329. The van der Waals surface area contributed by atoms with Gasteiger partial charge in [-0.05, 0) is 38.5 Å². The molecule has 1 aromatic heterocycles. The Labute approximate surface area is 97.5 Å². The SMILES string of the molecule is CC(CCn1cncn1)NC(C)C1(C)CC1. The average molecular weight is 222 g/mol. The molecule has 0 bridgehead atoms. The summed E-state index contributed by atoms with van der Waals surface area (Å²) >= 11 is 0. The highest BCUT2D eigenvalue weighted by molar-refractivity contribution is 4.97.